The van der Waals surface area contributed by atoms with Gasteiger partial charge < -0.3 is 5.32 Å². The number of hydrogen-bond acceptors (Lipinski definition) is 6. The third-order valence-electron chi connectivity index (χ3n) is 6.74. The van der Waals surface area contributed by atoms with Crippen LogP contribution in [0.3, 0.4) is 0 Å². The molecule has 0 fully saturated rings. The van der Waals surface area contributed by atoms with E-state index >= 15 is 0 Å². The molecule has 5 aromatic rings. The Bertz CT molecular complexity index is 2040. The van der Waals surface area contributed by atoms with Crippen molar-refractivity contribution in [2.75, 3.05) is 0 Å². The highest BCUT2D eigenvalue weighted by Crippen LogP contribution is 2.22. The van der Waals surface area contributed by atoms with Gasteiger partial charge in [0.05, 0.1) is 28.3 Å². The van der Waals surface area contributed by atoms with Crippen LogP contribution in [0, 0.1) is 18.8 Å². The second-order valence-electron chi connectivity index (χ2n) is 9.61. The zero-order chi connectivity index (χ0) is 28.5. The normalized spacial score (nSPS) is 13.5. The molecule has 1 amide bonds. The van der Waals surface area contributed by atoms with Gasteiger partial charge in [0.1, 0.15) is 11.4 Å². The quantitative estimate of drug-likeness (QED) is 0.345. The summed E-state index contributed by atoms with van der Waals surface area (Å²) in [5.74, 6) is 6.03. The average molecular weight is 541 g/mol. The van der Waals surface area contributed by atoms with Crippen molar-refractivity contribution in [2.45, 2.75) is 26.3 Å². The molecule has 0 bridgehead atoms. The number of hydrogen-bond donors (Lipinski definition) is 1. The summed E-state index contributed by atoms with van der Waals surface area (Å²) < 4.78 is 3.06. The lowest BCUT2D eigenvalue weighted by molar-refractivity contribution is -0.113. The second-order valence-corrected chi connectivity index (χ2v) is 9.61. The van der Waals surface area contributed by atoms with E-state index in [0.29, 0.717) is 56.9 Å². The smallest absolute Gasteiger partial charge is 0.267 e. The number of benzene rings is 2. The highest BCUT2D eigenvalue weighted by Gasteiger charge is 2.24. The number of carbonyl (C=O) groups is 2. The lowest BCUT2D eigenvalue weighted by atomic mass is 10.0. The number of ketones is 1. The zero-order valence-corrected chi connectivity index (χ0v) is 22.3. The molecule has 41 heavy (non-hydrogen) atoms. The van der Waals surface area contributed by atoms with E-state index in [1.165, 1.54) is 10.6 Å². The molecule has 3 aromatic heterocycles. The summed E-state index contributed by atoms with van der Waals surface area (Å²) in [5, 5.41) is 7.72. The van der Waals surface area contributed by atoms with E-state index in [1.807, 2.05) is 30.3 Å². The second kappa shape index (κ2) is 10.5. The number of carbonyl (C=O) groups excluding carboxylic acids is 2. The third-order valence-corrected chi connectivity index (χ3v) is 6.74. The fraction of sp³-hybridized carbons (Fsp3) is 0.125. The monoisotopic (exact) mass is 540 g/mol. The van der Waals surface area contributed by atoms with Gasteiger partial charge >= 0.3 is 0 Å². The van der Waals surface area contributed by atoms with Crippen molar-refractivity contribution in [3.63, 3.8) is 0 Å². The van der Waals surface area contributed by atoms with Gasteiger partial charge in [-0.05, 0) is 56.3 Å². The zero-order valence-electron chi connectivity index (χ0n) is 22.3. The SMILES string of the molecule is Cc1nn2cccnc2c1C(=O)N[C@@H](C)c1nc2cccc(C#CC3=CC(=O)CC=C3)c2c(=O)n1-c1ccccc1. The summed E-state index contributed by atoms with van der Waals surface area (Å²) in [6.45, 7) is 3.53. The van der Waals surface area contributed by atoms with Gasteiger partial charge in [-0.2, -0.15) is 5.10 Å². The molecule has 0 saturated carbocycles. The van der Waals surface area contributed by atoms with Crippen LogP contribution in [0.2, 0.25) is 0 Å². The standard InChI is InChI=1S/C32H24N6O3/c1-20-27(30-33-17-8-18-37(30)36-20)31(40)34-21(2)29-35-26-14-7-10-23(16-15-22-9-6-13-25(39)19-22)28(26)32(41)38(29)24-11-4-3-5-12-24/h3-12,14,17-19,21H,13H2,1-2H3,(H,34,40)/t21-/m0/s1. The van der Waals surface area contributed by atoms with Crippen LogP contribution in [0.15, 0.2) is 95.6 Å². The van der Waals surface area contributed by atoms with Crippen LogP contribution < -0.4 is 10.9 Å². The van der Waals surface area contributed by atoms with E-state index in [9.17, 15) is 14.4 Å². The number of nitrogens with zero attached hydrogens (tertiary/aromatic N) is 5. The lowest BCUT2D eigenvalue weighted by Crippen LogP contribution is -2.33. The number of nitrogens with one attached hydrogen (secondary N) is 1. The van der Waals surface area contributed by atoms with E-state index in [-0.39, 0.29) is 17.2 Å². The Morgan fingerprint density at radius 3 is 2.68 bits per heavy atom. The first-order valence-corrected chi connectivity index (χ1v) is 13.1. The van der Waals surface area contributed by atoms with Crippen molar-refractivity contribution in [1.29, 1.82) is 0 Å². The summed E-state index contributed by atoms with van der Waals surface area (Å²) in [6, 6.07) is 15.5. The van der Waals surface area contributed by atoms with Crippen LogP contribution in [0.1, 0.15) is 46.8 Å². The maximum Gasteiger partial charge on any atom is 0.267 e. The van der Waals surface area contributed by atoms with Gasteiger partial charge in [0.15, 0.2) is 11.4 Å². The summed E-state index contributed by atoms with van der Waals surface area (Å²) in [4.78, 5) is 48.6. The molecule has 1 aliphatic carbocycles. The Kier molecular flexibility index (Phi) is 6.57. The van der Waals surface area contributed by atoms with E-state index in [4.69, 9.17) is 4.98 Å². The number of fused-ring (bicyclic) bond motifs is 2. The molecule has 0 aliphatic heterocycles. The van der Waals surface area contributed by atoms with Crippen LogP contribution >= 0.6 is 0 Å². The molecule has 200 valence electrons. The summed E-state index contributed by atoms with van der Waals surface area (Å²) >= 11 is 0. The topological polar surface area (TPSA) is 111 Å². The Morgan fingerprint density at radius 1 is 1.05 bits per heavy atom. The molecule has 0 unspecified atom stereocenters. The maximum absolute atomic E-state index is 14.2. The van der Waals surface area contributed by atoms with Gasteiger partial charge in [-0.1, -0.05) is 42.2 Å². The first kappa shape index (κ1) is 25.6. The van der Waals surface area contributed by atoms with E-state index in [1.54, 1.807) is 67.2 Å². The van der Waals surface area contributed by atoms with Crippen molar-refractivity contribution in [3.8, 4) is 17.5 Å². The predicted molar refractivity (Wildman–Crippen MR) is 155 cm³/mol. The molecule has 6 rings (SSSR count). The fourth-order valence-corrected chi connectivity index (χ4v) is 4.86. The largest absolute Gasteiger partial charge is 0.342 e. The molecule has 1 aliphatic rings. The molecular weight excluding hydrogens is 516 g/mol. The number of allylic oxidation sites excluding steroid dienone is 4. The van der Waals surface area contributed by atoms with Gasteiger partial charge in [0.2, 0.25) is 0 Å². The highest BCUT2D eigenvalue weighted by atomic mass is 16.2. The van der Waals surface area contributed by atoms with E-state index in [0.717, 1.165) is 0 Å². The minimum Gasteiger partial charge on any atom is -0.342 e. The molecule has 0 saturated heterocycles. The average Bonchev–Trinajstić information content (AvgIpc) is 3.32. The third kappa shape index (κ3) is 4.83. The molecule has 2 aromatic carbocycles. The van der Waals surface area contributed by atoms with Crippen molar-refractivity contribution in [2.24, 2.45) is 0 Å². The first-order chi connectivity index (χ1) is 19.9. The number of aromatic nitrogens is 5. The van der Waals surface area contributed by atoms with Gasteiger partial charge in [-0.15, -0.1) is 0 Å². The first-order valence-electron chi connectivity index (χ1n) is 13.1. The van der Waals surface area contributed by atoms with Crippen LogP contribution in [0.25, 0.3) is 22.2 Å². The minimum atomic E-state index is -0.656. The summed E-state index contributed by atoms with van der Waals surface area (Å²) in [6.07, 6.45) is 8.76. The van der Waals surface area contributed by atoms with Crippen LogP contribution in [-0.4, -0.2) is 35.8 Å². The van der Waals surface area contributed by atoms with Crippen LogP contribution in [0.5, 0.6) is 0 Å². The molecule has 1 atom stereocenters. The molecule has 9 heteroatoms. The predicted octanol–water partition coefficient (Wildman–Crippen LogP) is 4.03. The number of aryl methyl sites for hydroxylation is 1. The highest BCUT2D eigenvalue weighted by molar-refractivity contribution is 6.01. The summed E-state index contributed by atoms with van der Waals surface area (Å²) in [7, 11) is 0. The van der Waals surface area contributed by atoms with Gasteiger partial charge in [-0.3, -0.25) is 19.0 Å². The Morgan fingerprint density at radius 2 is 1.88 bits per heavy atom. The molecule has 3 heterocycles. The minimum absolute atomic E-state index is 0.0152. The molecule has 9 nitrogen and oxygen atoms in total. The van der Waals surface area contributed by atoms with Crippen molar-refractivity contribution in [3.05, 3.63) is 124 Å². The fourth-order valence-electron chi connectivity index (χ4n) is 4.86. The Hall–Kier alpha value is -5.62. The lowest BCUT2D eigenvalue weighted by Gasteiger charge is -2.20. The number of para-hydroxylation sites is 1. The Labute approximate surface area is 234 Å². The van der Waals surface area contributed by atoms with Crippen molar-refractivity contribution >= 4 is 28.2 Å². The number of amides is 1. The number of rotatable bonds is 4. The van der Waals surface area contributed by atoms with Crippen LogP contribution in [-0.2, 0) is 4.79 Å². The molecule has 0 spiro atoms. The van der Waals surface area contributed by atoms with Gasteiger partial charge in [0.25, 0.3) is 11.5 Å². The van der Waals surface area contributed by atoms with E-state index in [2.05, 4.69) is 27.2 Å². The van der Waals surface area contributed by atoms with Crippen LogP contribution in [0.4, 0.5) is 0 Å². The summed E-state index contributed by atoms with van der Waals surface area (Å²) in [5.41, 5.74) is 3.14. The molecule has 0 radical (unpaired) electrons. The van der Waals surface area contributed by atoms with Gasteiger partial charge in [0, 0.05) is 30.0 Å². The van der Waals surface area contributed by atoms with Crippen molar-refractivity contribution in [1.82, 2.24) is 29.5 Å². The van der Waals surface area contributed by atoms with E-state index < -0.39 is 6.04 Å². The molecular formula is C32H24N6O3. The molecule has 1 N–H and O–H groups in total. The Balaban J connectivity index is 1.47. The van der Waals surface area contributed by atoms with Crippen molar-refractivity contribution < 1.29 is 9.59 Å². The maximum atomic E-state index is 14.2. The van der Waals surface area contributed by atoms with Gasteiger partial charge in [-0.25, -0.2) is 14.5 Å².